The van der Waals surface area contributed by atoms with Gasteiger partial charge in [0.2, 0.25) is 15.3 Å². The number of sulfonamides is 1. The van der Waals surface area contributed by atoms with Gasteiger partial charge in [0.1, 0.15) is 4.90 Å². The monoisotopic (exact) mass is 330 g/mol. The predicted molar refractivity (Wildman–Crippen MR) is 79.6 cm³/mol. The molecule has 0 saturated carbocycles. The van der Waals surface area contributed by atoms with Crippen LogP contribution >= 0.6 is 11.6 Å². The zero-order valence-corrected chi connectivity index (χ0v) is 13.4. The fraction of sp³-hybridized carbons (Fsp3) is 0.692. The molecule has 0 spiro atoms. The predicted octanol–water partition coefficient (Wildman–Crippen LogP) is 1.38. The van der Waals surface area contributed by atoms with Crippen molar-refractivity contribution < 1.29 is 8.42 Å². The zero-order valence-electron chi connectivity index (χ0n) is 11.8. The molecule has 3 heterocycles. The highest BCUT2D eigenvalue weighted by Crippen LogP contribution is 2.25. The van der Waals surface area contributed by atoms with Crippen molar-refractivity contribution in [3.05, 3.63) is 17.7 Å². The molecule has 1 unspecified atom stereocenters. The number of piperidine rings is 1. The minimum absolute atomic E-state index is 0.0570. The van der Waals surface area contributed by atoms with E-state index in [2.05, 4.69) is 14.9 Å². The number of rotatable bonds is 3. The van der Waals surface area contributed by atoms with Crippen LogP contribution in [0, 0.1) is 0 Å². The fourth-order valence-corrected chi connectivity index (χ4v) is 4.57. The summed E-state index contributed by atoms with van der Waals surface area (Å²) >= 11 is 5.61. The standard InChI is InChI=1S/C13H19ClN4O2S/c14-13-15-8-12(9-16-13)21(19,20)18-7-4-11(10-18)17-5-2-1-3-6-17/h8-9,11H,1-7,10H2. The Morgan fingerprint density at radius 1 is 1.10 bits per heavy atom. The van der Waals surface area contributed by atoms with Crippen LogP contribution in [0.1, 0.15) is 25.7 Å². The van der Waals surface area contributed by atoms with Gasteiger partial charge < -0.3 is 0 Å². The van der Waals surface area contributed by atoms with E-state index < -0.39 is 10.0 Å². The lowest BCUT2D eigenvalue weighted by Crippen LogP contribution is -2.41. The Morgan fingerprint density at radius 3 is 2.43 bits per heavy atom. The summed E-state index contributed by atoms with van der Waals surface area (Å²) in [6.07, 6.45) is 7.17. The summed E-state index contributed by atoms with van der Waals surface area (Å²) in [5, 5.41) is 0.0570. The van der Waals surface area contributed by atoms with Gasteiger partial charge in [-0.1, -0.05) is 6.42 Å². The summed E-state index contributed by atoms with van der Waals surface area (Å²) in [7, 11) is -3.50. The van der Waals surface area contributed by atoms with Crippen LogP contribution in [0.5, 0.6) is 0 Å². The minimum atomic E-state index is -3.50. The Hall–Kier alpha value is -0.760. The summed E-state index contributed by atoms with van der Waals surface area (Å²) in [6, 6.07) is 0.341. The van der Waals surface area contributed by atoms with E-state index in [4.69, 9.17) is 11.6 Å². The van der Waals surface area contributed by atoms with E-state index in [1.807, 2.05) is 0 Å². The third-order valence-electron chi connectivity index (χ3n) is 4.27. The number of nitrogens with zero attached hydrogens (tertiary/aromatic N) is 4. The van der Waals surface area contributed by atoms with Crippen LogP contribution in [0.3, 0.4) is 0 Å². The highest BCUT2D eigenvalue weighted by molar-refractivity contribution is 7.89. The first-order valence-electron chi connectivity index (χ1n) is 7.29. The highest BCUT2D eigenvalue weighted by atomic mass is 35.5. The third-order valence-corrected chi connectivity index (χ3v) is 6.28. The summed E-state index contributed by atoms with van der Waals surface area (Å²) in [4.78, 5) is 10.1. The van der Waals surface area contributed by atoms with Gasteiger partial charge in [0, 0.05) is 19.1 Å². The second kappa shape index (κ2) is 6.16. The maximum absolute atomic E-state index is 12.6. The quantitative estimate of drug-likeness (QED) is 0.783. The van der Waals surface area contributed by atoms with Crippen molar-refractivity contribution in [2.75, 3.05) is 26.2 Å². The molecular formula is C13H19ClN4O2S. The van der Waals surface area contributed by atoms with E-state index in [9.17, 15) is 8.42 Å². The average molecular weight is 331 g/mol. The molecule has 2 aliphatic rings. The fourth-order valence-electron chi connectivity index (χ4n) is 3.09. The minimum Gasteiger partial charge on any atom is -0.299 e. The van der Waals surface area contributed by atoms with Gasteiger partial charge in [0.05, 0.1) is 12.4 Å². The van der Waals surface area contributed by atoms with Gasteiger partial charge >= 0.3 is 0 Å². The van der Waals surface area contributed by atoms with Crippen LogP contribution < -0.4 is 0 Å². The molecule has 0 radical (unpaired) electrons. The molecule has 0 aromatic carbocycles. The Bertz CT molecular complexity index is 587. The van der Waals surface area contributed by atoms with Gasteiger partial charge in [-0.15, -0.1) is 0 Å². The largest absolute Gasteiger partial charge is 0.299 e. The molecule has 0 amide bonds. The average Bonchev–Trinajstić information content (AvgIpc) is 2.99. The Balaban J connectivity index is 1.71. The summed E-state index contributed by atoms with van der Waals surface area (Å²) in [5.74, 6) is 0. The smallest absolute Gasteiger partial charge is 0.246 e. The first-order valence-corrected chi connectivity index (χ1v) is 9.11. The van der Waals surface area contributed by atoms with Crippen molar-refractivity contribution in [1.29, 1.82) is 0 Å². The molecule has 2 aliphatic heterocycles. The SMILES string of the molecule is O=S(=O)(c1cnc(Cl)nc1)N1CCC(N2CCCCC2)C1. The molecule has 8 heteroatoms. The van der Waals surface area contributed by atoms with Gasteiger partial charge in [-0.05, 0) is 44.0 Å². The van der Waals surface area contributed by atoms with E-state index in [0.29, 0.717) is 19.1 Å². The lowest BCUT2D eigenvalue weighted by Gasteiger charge is -2.32. The second-order valence-electron chi connectivity index (χ2n) is 5.59. The van der Waals surface area contributed by atoms with Crippen LogP contribution in [0.4, 0.5) is 0 Å². The van der Waals surface area contributed by atoms with Gasteiger partial charge in [-0.25, -0.2) is 18.4 Å². The topological polar surface area (TPSA) is 66.4 Å². The highest BCUT2D eigenvalue weighted by Gasteiger charge is 2.35. The van der Waals surface area contributed by atoms with Crippen LogP contribution in [0.2, 0.25) is 5.28 Å². The Morgan fingerprint density at radius 2 is 1.76 bits per heavy atom. The van der Waals surface area contributed by atoms with Crippen molar-refractivity contribution in [3.8, 4) is 0 Å². The molecular weight excluding hydrogens is 312 g/mol. The van der Waals surface area contributed by atoms with Crippen LogP contribution in [-0.4, -0.2) is 59.8 Å². The molecule has 21 heavy (non-hydrogen) atoms. The van der Waals surface area contributed by atoms with E-state index in [0.717, 1.165) is 19.5 Å². The Labute approximate surface area is 130 Å². The van der Waals surface area contributed by atoms with Crippen LogP contribution in [0.15, 0.2) is 17.3 Å². The van der Waals surface area contributed by atoms with Gasteiger partial charge in [0.15, 0.2) is 0 Å². The molecule has 0 bridgehead atoms. The summed E-state index contributed by atoms with van der Waals surface area (Å²) < 4.78 is 26.7. The molecule has 6 nitrogen and oxygen atoms in total. The molecule has 1 aromatic heterocycles. The van der Waals surface area contributed by atoms with Crippen LogP contribution in [0.25, 0.3) is 0 Å². The van der Waals surface area contributed by atoms with Crippen molar-refractivity contribution in [3.63, 3.8) is 0 Å². The lowest BCUT2D eigenvalue weighted by atomic mass is 10.1. The number of halogens is 1. The van der Waals surface area contributed by atoms with Crippen molar-refractivity contribution in [1.82, 2.24) is 19.2 Å². The molecule has 116 valence electrons. The van der Waals surface area contributed by atoms with Gasteiger partial charge in [-0.3, -0.25) is 4.90 Å². The molecule has 3 rings (SSSR count). The van der Waals surface area contributed by atoms with E-state index in [1.54, 1.807) is 4.31 Å². The number of aromatic nitrogens is 2. The first kappa shape index (κ1) is 15.1. The number of likely N-dealkylation sites (tertiary alicyclic amines) is 1. The molecule has 2 saturated heterocycles. The Kier molecular flexibility index (Phi) is 4.44. The number of hydrogen-bond acceptors (Lipinski definition) is 5. The molecule has 1 aromatic rings. The van der Waals surface area contributed by atoms with E-state index in [1.165, 1.54) is 31.7 Å². The third kappa shape index (κ3) is 3.21. The van der Waals surface area contributed by atoms with Crippen molar-refractivity contribution in [2.45, 2.75) is 36.6 Å². The molecule has 0 aliphatic carbocycles. The van der Waals surface area contributed by atoms with Crippen molar-refractivity contribution >= 4 is 21.6 Å². The normalized spacial score (nSPS) is 25.3. The van der Waals surface area contributed by atoms with Crippen LogP contribution in [-0.2, 0) is 10.0 Å². The lowest BCUT2D eigenvalue weighted by molar-refractivity contribution is 0.169. The maximum atomic E-state index is 12.6. The number of hydrogen-bond donors (Lipinski definition) is 0. The zero-order chi connectivity index (χ0) is 14.9. The summed E-state index contributed by atoms with van der Waals surface area (Å²) in [6.45, 7) is 3.29. The second-order valence-corrected chi connectivity index (χ2v) is 7.87. The maximum Gasteiger partial charge on any atom is 0.246 e. The molecule has 2 fully saturated rings. The summed E-state index contributed by atoms with van der Waals surface area (Å²) in [5.41, 5.74) is 0. The molecule has 1 atom stereocenters. The van der Waals surface area contributed by atoms with E-state index in [-0.39, 0.29) is 10.2 Å². The van der Waals surface area contributed by atoms with Crippen molar-refractivity contribution in [2.24, 2.45) is 0 Å². The van der Waals surface area contributed by atoms with E-state index >= 15 is 0 Å². The van der Waals surface area contributed by atoms with Gasteiger partial charge in [-0.2, -0.15) is 4.31 Å². The van der Waals surface area contributed by atoms with Gasteiger partial charge in [0.25, 0.3) is 0 Å². The first-order chi connectivity index (χ1) is 10.1. The molecule has 0 N–H and O–H groups in total.